The number of methoxy groups -OCH3 is 1. The van der Waals surface area contributed by atoms with Crippen LogP contribution in [0.15, 0.2) is 54.6 Å². The van der Waals surface area contributed by atoms with E-state index in [1.165, 1.54) is 7.11 Å². The van der Waals surface area contributed by atoms with E-state index in [9.17, 15) is 14.4 Å². The third kappa shape index (κ3) is 5.13. The molecule has 2 aromatic carbocycles. The molecule has 3 amide bonds. The van der Waals surface area contributed by atoms with Gasteiger partial charge in [0.1, 0.15) is 5.75 Å². The molecule has 0 atom stereocenters. The van der Waals surface area contributed by atoms with E-state index < -0.39 is 17.7 Å². The Balaban J connectivity index is 1.81. The second-order valence-electron chi connectivity index (χ2n) is 4.78. The fourth-order valence-corrected chi connectivity index (χ4v) is 1.86. The molecular weight excluding hydrogens is 310 g/mol. The highest BCUT2D eigenvalue weighted by atomic mass is 16.5. The molecule has 7 nitrogen and oxygen atoms in total. The van der Waals surface area contributed by atoms with Crippen LogP contribution in [-0.4, -0.2) is 31.4 Å². The second-order valence-corrected chi connectivity index (χ2v) is 4.78. The molecule has 0 saturated carbocycles. The summed E-state index contributed by atoms with van der Waals surface area (Å²) in [6.45, 7) is -0.306. The lowest BCUT2D eigenvalue weighted by atomic mass is 10.3. The van der Waals surface area contributed by atoms with Gasteiger partial charge in [-0.25, -0.2) is 0 Å². The zero-order valence-electron chi connectivity index (χ0n) is 13.0. The molecule has 0 unspecified atom stereocenters. The van der Waals surface area contributed by atoms with Crippen molar-refractivity contribution >= 4 is 29.1 Å². The van der Waals surface area contributed by atoms with Gasteiger partial charge in [0.15, 0.2) is 0 Å². The van der Waals surface area contributed by atoms with Crippen LogP contribution in [0.2, 0.25) is 0 Å². The highest BCUT2D eigenvalue weighted by Crippen LogP contribution is 2.16. The highest BCUT2D eigenvalue weighted by molar-refractivity contribution is 6.39. The fraction of sp³-hybridized carbons (Fsp3) is 0.118. The van der Waals surface area contributed by atoms with Crippen molar-refractivity contribution in [3.8, 4) is 5.75 Å². The van der Waals surface area contributed by atoms with Gasteiger partial charge in [0.2, 0.25) is 5.91 Å². The molecule has 0 aliphatic rings. The van der Waals surface area contributed by atoms with E-state index >= 15 is 0 Å². The number of ether oxygens (including phenoxy) is 1. The summed E-state index contributed by atoms with van der Waals surface area (Å²) >= 11 is 0. The summed E-state index contributed by atoms with van der Waals surface area (Å²) in [5.74, 6) is -1.64. The van der Waals surface area contributed by atoms with Crippen LogP contribution in [-0.2, 0) is 14.4 Å². The number of anilines is 2. The normalized spacial score (nSPS) is 9.71. The number of para-hydroxylation sites is 1. The molecule has 24 heavy (non-hydrogen) atoms. The molecule has 0 radical (unpaired) electrons. The average Bonchev–Trinajstić information content (AvgIpc) is 2.60. The van der Waals surface area contributed by atoms with Gasteiger partial charge >= 0.3 is 11.8 Å². The molecule has 2 aromatic rings. The minimum absolute atomic E-state index is 0.306. The third-order valence-corrected chi connectivity index (χ3v) is 3.00. The van der Waals surface area contributed by atoms with Gasteiger partial charge in [0, 0.05) is 17.4 Å². The maximum Gasteiger partial charge on any atom is 0.313 e. The number of carbonyl (C=O) groups is 3. The Hall–Kier alpha value is -3.35. The molecule has 0 saturated heterocycles. The van der Waals surface area contributed by atoms with E-state index in [4.69, 9.17) is 4.74 Å². The number of carbonyl (C=O) groups excluding carboxylic acids is 3. The molecule has 0 bridgehead atoms. The van der Waals surface area contributed by atoms with Crippen molar-refractivity contribution in [3.05, 3.63) is 54.6 Å². The number of hydrogen-bond acceptors (Lipinski definition) is 4. The number of benzene rings is 2. The summed E-state index contributed by atoms with van der Waals surface area (Å²) < 4.78 is 5.03. The largest absolute Gasteiger partial charge is 0.497 e. The lowest BCUT2D eigenvalue weighted by Crippen LogP contribution is -2.39. The van der Waals surface area contributed by atoms with E-state index in [2.05, 4.69) is 16.0 Å². The van der Waals surface area contributed by atoms with Crippen LogP contribution < -0.4 is 20.7 Å². The first-order valence-corrected chi connectivity index (χ1v) is 7.16. The fourth-order valence-electron chi connectivity index (χ4n) is 1.86. The van der Waals surface area contributed by atoms with Gasteiger partial charge < -0.3 is 20.7 Å². The number of nitrogens with one attached hydrogen (secondary N) is 3. The van der Waals surface area contributed by atoms with Crippen LogP contribution in [0.4, 0.5) is 11.4 Å². The van der Waals surface area contributed by atoms with Crippen LogP contribution in [0.25, 0.3) is 0 Å². The van der Waals surface area contributed by atoms with Crippen molar-refractivity contribution < 1.29 is 19.1 Å². The Bertz CT molecular complexity index is 732. The summed E-state index contributed by atoms with van der Waals surface area (Å²) in [5, 5.41) is 7.28. The van der Waals surface area contributed by atoms with Gasteiger partial charge in [-0.05, 0) is 24.3 Å². The molecule has 0 aromatic heterocycles. The van der Waals surface area contributed by atoms with Crippen molar-refractivity contribution in [2.75, 3.05) is 24.3 Å². The molecule has 3 N–H and O–H groups in total. The van der Waals surface area contributed by atoms with E-state index in [-0.39, 0.29) is 6.54 Å². The smallest absolute Gasteiger partial charge is 0.313 e. The standard InChI is InChI=1S/C17H17N3O4/c1-24-14-9-5-8-13(10-14)20-17(23)16(22)18-11-15(21)19-12-6-3-2-4-7-12/h2-10H,11H2,1H3,(H,18,22)(H,19,21)(H,20,23). The molecular formula is C17H17N3O4. The van der Waals surface area contributed by atoms with Gasteiger partial charge in [-0.1, -0.05) is 24.3 Å². The first kappa shape index (κ1) is 17.0. The second kappa shape index (κ2) is 8.33. The Morgan fingerprint density at radius 3 is 2.29 bits per heavy atom. The third-order valence-electron chi connectivity index (χ3n) is 3.00. The van der Waals surface area contributed by atoms with Gasteiger partial charge in [0.25, 0.3) is 0 Å². The molecule has 0 spiro atoms. The highest BCUT2D eigenvalue weighted by Gasteiger charge is 2.15. The first-order valence-electron chi connectivity index (χ1n) is 7.16. The summed E-state index contributed by atoms with van der Waals surface area (Å²) in [5.41, 5.74) is 1.03. The maximum absolute atomic E-state index is 11.8. The number of rotatable bonds is 5. The SMILES string of the molecule is COc1cccc(NC(=O)C(=O)NCC(=O)Nc2ccccc2)c1. The van der Waals surface area contributed by atoms with Crippen LogP contribution >= 0.6 is 0 Å². The van der Waals surface area contributed by atoms with E-state index in [0.29, 0.717) is 17.1 Å². The number of hydrogen-bond donors (Lipinski definition) is 3. The van der Waals surface area contributed by atoms with E-state index in [0.717, 1.165) is 0 Å². The molecule has 0 heterocycles. The molecule has 124 valence electrons. The van der Waals surface area contributed by atoms with Gasteiger partial charge in [-0.3, -0.25) is 14.4 Å². The Morgan fingerprint density at radius 1 is 0.875 bits per heavy atom. The van der Waals surface area contributed by atoms with Gasteiger partial charge in [-0.15, -0.1) is 0 Å². The molecule has 2 rings (SSSR count). The van der Waals surface area contributed by atoms with Crippen LogP contribution in [0.5, 0.6) is 5.75 Å². The minimum atomic E-state index is -0.902. The zero-order valence-corrected chi connectivity index (χ0v) is 13.0. The lowest BCUT2D eigenvalue weighted by Gasteiger charge is -2.08. The summed E-state index contributed by atoms with van der Waals surface area (Å²) in [7, 11) is 1.50. The van der Waals surface area contributed by atoms with Crippen LogP contribution in [0, 0.1) is 0 Å². The Labute approximate surface area is 139 Å². The Morgan fingerprint density at radius 2 is 1.58 bits per heavy atom. The van der Waals surface area contributed by atoms with Crippen molar-refractivity contribution in [2.45, 2.75) is 0 Å². The number of amides is 3. The predicted molar refractivity (Wildman–Crippen MR) is 89.7 cm³/mol. The van der Waals surface area contributed by atoms with Crippen molar-refractivity contribution in [1.82, 2.24) is 5.32 Å². The lowest BCUT2D eigenvalue weighted by molar-refractivity contribution is -0.136. The average molecular weight is 327 g/mol. The van der Waals surface area contributed by atoms with Crippen molar-refractivity contribution in [1.29, 1.82) is 0 Å². The molecule has 0 fully saturated rings. The van der Waals surface area contributed by atoms with Gasteiger partial charge in [-0.2, -0.15) is 0 Å². The molecule has 0 aliphatic heterocycles. The summed E-state index contributed by atoms with van der Waals surface area (Å²) in [6, 6.07) is 15.4. The van der Waals surface area contributed by atoms with E-state index in [1.54, 1.807) is 48.5 Å². The summed E-state index contributed by atoms with van der Waals surface area (Å²) in [4.78, 5) is 35.2. The van der Waals surface area contributed by atoms with Gasteiger partial charge in [0.05, 0.1) is 13.7 Å². The Kier molecular flexibility index (Phi) is 5.90. The van der Waals surface area contributed by atoms with Crippen molar-refractivity contribution in [3.63, 3.8) is 0 Å². The van der Waals surface area contributed by atoms with Crippen molar-refractivity contribution in [2.24, 2.45) is 0 Å². The topological polar surface area (TPSA) is 96.5 Å². The summed E-state index contributed by atoms with van der Waals surface area (Å²) in [6.07, 6.45) is 0. The quantitative estimate of drug-likeness (QED) is 0.723. The maximum atomic E-state index is 11.8. The minimum Gasteiger partial charge on any atom is -0.497 e. The predicted octanol–water partition coefficient (Wildman–Crippen LogP) is 1.39. The first-order chi connectivity index (χ1) is 11.6. The van der Waals surface area contributed by atoms with Crippen LogP contribution in [0.3, 0.4) is 0 Å². The van der Waals surface area contributed by atoms with Crippen LogP contribution in [0.1, 0.15) is 0 Å². The molecule has 0 aliphatic carbocycles. The zero-order chi connectivity index (χ0) is 17.4. The van der Waals surface area contributed by atoms with E-state index in [1.807, 2.05) is 6.07 Å². The molecule has 7 heteroatoms. The monoisotopic (exact) mass is 327 g/mol.